The molecule has 0 atom stereocenters. The molecule has 138 valence electrons. The van der Waals surface area contributed by atoms with Gasteiger partial charge in [-0.15, -0.1) is 0 Å². The number of hydrogen-bond acceptors (Lipinski definition) is 4. The highest BCUT2D eigenvalue weighted by molar-refractivity contribution is 6.07. The molecule has 3 rings (SSSR count). The normalized spacial score (nSPS) is 9.86. The van der Waals surface area contributed by atoms with Crippen LogP contribution in [0.2, 0.25) is 0 Å². The van der Waals surface area contributed by atoms with Crippen LogP contribution in [0.5, 0.6) is 5.75 Å². The van der Waals surface area contributed by atoms with Crippen molar-refractivity contribution in [2.75, 3.05) is 17.7 Å². The minimum atomic E-state index is -0.322. The zero-order chi connectivity index (χ0) is 19.9. The Balaban J connectivity index is 1.65. The first-order chi connectivity index (χ1) is 13.6. The monoisotopic (exact) mass is 371 g/mol. The maximum absolute atomic E-state index is 12.3. The molecule has 0 saturated carbocycles. The van der Waals surface area contributed by atoms with Crippen molar-refractivity contribution in [1.29, 1.82) is 5.26 Å². The van der Waals surface area contributed by atoms with E-state index in [2.05, 4.69) is 10.6 Å². The highest BCUT2D eigenvalue weighted by atomic mass is 16.5. The van der Waals surface area contributed by atoms with E-state index in [0.717, 1.165) is 0 Å². The predicted octanol–water partition coefficient (Wildman–Crippen LogP) is 4.07. The molecule has 2 N–H and O–H groups in total. The van der Waals surface area contributed by atoms with Crippen molar-refractivity contribution in [2.24, 2.45) is 0 Å². The van der Waals surface area contributed by atoms with Crippen LogP contribution in [-0.4, -0.2) is 18.9 Å². The fourth-order valence-corrected chi connectivity index (χ4v) is 2.52. The van der Waals surface area contributed by atoms with Gasteiger partial charge in [0.05, 0.1) is 18.7 Å². The fraction of sp³-hybridized carbons (Fsp3) is 0.0455. The minimum absolute atomic E-state index is 0.279. The lowest BCUT2D eigenvalue weighted by molar-refractivity contribution is 0.101. The summed E-state index contributed by atoms with van der Waals surface area (Å²) in [6.45, 7) is 0. The van der Waals surface area contributed by atoms with Crippen molar-refractivity contribution in [3.63, 3.8) is 0 Å². The zero-order valence-electron chi connectivity index (χ0n) is 15.1. The molecular formula is C22H17N3O3. The molecule has 0 aromatic heterocycles. The van der Waals surface area contributed by atoms with E-state index in [1.807, 2.05) is 6.07 Å². The van der Waals surface area contributed by atoms with Gasteiger partial charge >= 0.3 is 0 Å². The number of rotatable bonds is 5. The number of anilines is 2. The number of hydrogen-bond donors (Lipinski definition) is 2. The van der Waals surface area contributed by atoms with Crippen molar-refractivity contribution >= 4 is 23.2 Å². The van der Waals surface area contributed by atoms with E-state index in [0.29, 0.717) is 33.8 Å². The van der Waals surface area contributed by atoms with Crippen LogP contribution in [0.4, 0.5) is 11.4 Å². The van der Waals surface area contributed by atoms with Gasteiger partial charge in [-0.05, 0) is 66.7 Å². The van der Waals surface area contributed by atoms with Crippen molar-refractivity contribution < 1.29 is 14.3 Å². The van der Waals surface area contributed by atoms with Crippen LogP contribution in [-0.2, 0) is 0 Å². The Hall–Kier alpha value is -4.11. The number of carbonyl (C=O) groups is 2. The molecule has 0 saturated heterocycles. The number of amides is 2. The van der Waals surface area contributed by atoms with Crippen molar-refractivity contribution in [3.8, 4) is 11.8 Å². The Kier molecular flexibility index (Phi) is 5.68. The smallest absolute Gasteiger partial charge is 0.255 e. The van der Waals surface area contributed by atoms with E-state index in [1.54, 1.807) is 79.9 Å². The number of nitrogens with one attached hydrogen (secondary N) is 2. The summed E-state index contributed by atoms with van der Waals surface area (Å²) in [4.78, 5) is 24.7. The van der Waals surface area contributed by atoms with Gasteiger partial charge in [-0.3, -0.25) is 9.59 Å². The summed E-state index contributed by atoms with van der Waals surface area (Å²) in [7, 11) is 1.57. The number of methoxy groups -OCH3 is 1. The zero-order valence-corrected chi connectivity index (χ0v) is 15.1. The van der Waals surface area contributed by atoms with Gasteiger partial charge in [0.15, 0.2) is 0 Å². The van der Waals surface area contributed by atoms with Gasteiger partial charge in [0.2, 0.25) is 0 Å². The summed E-state index contributed by atoms with van der Waals surface area (Å²) in [6.07, 6.45) is 0. The highest BCUT2D eigenvalue weighted by Gasteiger charge is 2.10. The van der Waals surface area contributed by atoms with Crippen LogP contribution < -0.4 is 15.4 Å². The summed E-state index contributed by atoms with van der Waals surface area (Å²) in [5.41, 5.74) is 2.47. The van der Waals surface area contributed by atoms with Crippen molar-refractivity contribution in [3.05, 3.63) is 89.5 Å². The van der Waals surface area contributed by atoms with E-state index >= 15 is 0 Å². The molecule has 0 aliphatic rings. The van der Waals surface area contributed by atoms with Gasteiger partial charge in [0.25, 0.3) is 11.8 Å². The van der Waals surface area contributed by atoms with E-state index < -0.39 is 0 Å². The first kappa shape index (κ1) is 18.7. The lowest BCUT2D eigenvalue weighted by atomic mass is 10.1. The number of benzene rings is 3. The van der Waals surface area contributed by atoms with Gasteiger partial charge in [-0.25, -0.2) is 0 Å². The minimum Gasteiger partial charge on any atom is -0.497 e. The van der Waals surface area contributed by atoms with Gasteiger partial charge < -0.3 is 15.4 Å². The first-order valence-electron chi connectivity index (χ1n) is 8.46. The van der Waals surface area contributed by atoms with Crippen LogP contribution in [0.25, 0.3) is 0 Å². The summed E-state index contributed by atoms with van der Waals surface area (Å²) in [5, 5.41) is 14.4. The number of nitriles is 1. The van der Waals surface area contributed by atoms with Crippen LogP contribution in [0.15, 0.2) is 72.8 Å². The molecule has 0 spiro atoms. The third kappa shape index (κ3) is 4.54. The van der Waals surface area contributed by atoms with Crippen molar-refractivity contribution in [1.82, 2.24) is 0 Å². The average Bonchev–Trinajstić information content (AvgIpc) is 2.74. The molecule has 0 fully saturated rings. The lowest BCUT2D eigenvalue weighted by Crippen LogP contribution is -2.14. The maximum atomic E-state index is 12.3. The van der Waals surface area contributed by atoms with Gasteiger partial charge in [0, 0.05) is 22.5 Å². The fourth-order valence-electron chi connectivity index (χ4n) is 2.52. The Morgan fingerprint density at radius 3 is 1.93 bits per heavy atom. The van der Waals surface area contributed by atoms with E-state index in [4.69, 9.17) is 10.00 Å². The molecule has 0 unspecified atom stereocenters. The predicted molar refractivity (Wildman–Crippen MR) is 106 cm³/mol. The quantitative estimate of drug-likeness (QED) is 0.707. The number of ether oxygens (including phenoxy) is 1. The molecule has 6 heteroatoms. The molecule has 28 heavy (non-hydrogen) atoms. The summed E-state index contributed by atoms with van der Waals surface area (Å²) in [5.74, 6) is 0.102. The summed E-state index contributed by atoms with van der Waals surface area (Å²) < 4.78 is 5.08. The third-order valence-electron chi connectivity index (χ3n) is 4.01. The second-order valence-electron chi connectivity index (χ2n) is 5.91. The molecule has 0 aliphatic heterocycles. The van der Waals surface area contributed by atoms with Crippen LogP contribution in [0.3, 0.4) is 0 Å². The van der Waals surface area contributed by atoms with Crippen LogP contribution in [0, 0.1) is 11.3 Å². The van der Waals surface area contributed by atoms with E-state index in [9.17, 15) is 9.59 Å². The lowest BCUT2D eigenvalue weighted by Gasteiger charge is -2.08. The topological polar surface area (TPSA) is 91.2 Å². The molecular weight excluding hydrogens is 354 g/mol. The second-order valence-corrected chi connectivity index (χ2v) is 5.91. The van der Waals surface area contributed by atoms with Crippen LogP contribution in [0.1, 0.15) is 26.3 Å². The molecule has 2 amide bonds. The Morgan fingerprint density at radius 2 is 1.39 bits per heavy atom. The van der Waals surface area contributed by atoms with Gasteiger partial charge in [-0.2, -0.15) is 5.26 Å². The van der Waals surface area contributed by atoms with E-state index in [1.165, 1.54) is 0 Å². The Morgan fingerprint density at radius 1 is 0.821 bits per heavy atom. The molecule has 0 aliphatic carbocycles. The summed E-state index contributed by atoms with van der Waals surface area (Å²) in [6, 6.07) is 22.0. The number of carbonyl (C=O) groups excluding carboxylic acids is 2. The third-order valence-corrected chi connectivity index (χ3v) is 4.01. The Bertz CT molecular complexity index is 1040. The standard InChI is InChI=1S/C22H17N3O3/c1-28-20-11-9-18(10-12-20)24-21(26)16-5-7-17(8-6-16)22(27)25-19-4-2-3-15(13-19)14-23/h2-13H,1H3,(H,24,26)(H,25,27). The molecule has 0 heterocycles. The van der Waals surface area contributed by atoms with Gasteiger partial charge in [0.1, 0.15) is 5.75 Å². The second kappa shape index (κ2) is 8.52. The molecule has 3 aromatic rings. The molecule has 3 aromatic carbocycles. The molecule has 0 radical (unpaired) electrons. The average molecular weight is 371 g/mol. The first-order valence-corrected chi connectivity index (χ1v) is 8.46. The Labute approximate surface area is 162 Å². The highest BCUT2D eigenvalue weighted by Crippen LogP contribution is 2.17. The van der Waals surface area contributed by atoms with Gasteiger partial charge in [-0.1, -0.05) is 6.07 Å². The SMILES string of the molecule is COc1ccc(NC(=O)c2ccc(C(=O)Nc3cccc(C#N)c3)cc2)cc1. The largest absolute Gasteiger partial charge is 0.497 e. The van der Waals surface area contributed by atoms with Crippen molar-refractivity contribution in [2.45, 2.75) is 0 Å². The van der Waals surface area contributed by atoms with Crippen LogP contribution >= 0.6 is 0 Å². The maximum Gasteiger partial charge on any atom is 0.255 e. The molecule has 6 nitrogen and oxygen atoms in total. The molecule has 0 bridgehead atoms. The van der Waals surface area contributed by atoms with E-state index in [-0.39, 0.29) is 11.8 Å². The number of nitrogens with zero attached hydrogens (tertiary/aromatic N) is 1. The summed E-state index contributed by atoms with van der Waals surface area (Å²) >= 11 is 0.